The van der Waals surface area contributed by atoms with Gasteiger partial charge < -0.3 is 14.6 Å². The second-order valence-corrected chi connectivity index (χ2v) is 7.89. The second-order valence-electron chi connectivity index (χ2n) is 6.37. The van der Waals surface area contributed by atoms with Gasteiger partial charge in [-0.1, -0.05) is 35.0 Å². The Labute approximate surface area is 176 Å². The lowest BCUT2D eigenvalue weighted by atomic mass is 10.2. The average Bonchev–Trinajstić information content (AvgIpc) is 3.31. The van der Waals surface area contributed by atoms with Crippen LogP contribution in [0.1, 0.15) is 21.1 Å². The molecule has 0 saturated heterocycles. The Hall–Kier alpha value is -3.09. The van der Waals surface area contributed by atoms with Gasteiger partial charge in [-0.05, 0) is 56.3 Å². The van der Waals surface area contributed by atoms with Gasteiger partial charge in [0.25, 0.3) is 5.91 Å². The molecule has 2 heterocycles. The third-order valence-electron chi connectivity index (χ3n) is 4.27. The molecule has 0 saturated carbocycles. The molecule has 4 aromatic rings. The molecule has 0 spiro atoms. The number of amides is 1. The van der Waals surface area contributed by atoms with Crippen molar-refractivity contribution in [1.82, 2.24) is 5.16 Å². The minimum absolute atomic E-state index is 0.242. The molecule has 2 aromatic carbocycles. The van der Waals surface area contributed by atoms with E-state index in [2.05, 4.69) is 10.5 Å². The summed E-state index contributed by atoms with van der Waals surface area (Å²) < 4.78 is 11.1. The largest absolute Gasteiger partial charge is 0.455 e. The third-order valence-corrected chi connectivity index (χ3v) is 5.61. The van der Waals surface area contributed by atoms with Crippen molar-refractivity contribution >= 4 is 34.5 Å². The molecule has 2 aromatic heterocycles. The zero-order chi connectivity index (χ0) is 20.4. The Kier molecular flexibility index (Phi) is 5.38. The van der Waals surface area contributed by atoms with Crippen molar-refractivity contribution in [3.8, 4) is 21.9 Å². The van der Waals surface area contributed by atoms with Gasteiger partial charge >= 0.3 is 0 Å². The lowest BCUT2D eigenvalue weighted by molar-refractivity contribution is 0.103. The van der Waals surface area contributed by atoms with Crippen LogP contribution in [0.5, 0.6) is 11.5 Å². The fourth-order valence-electron chi connectivity index (χ4n) is 2.92. The van der Waals surface area contributed by atoms with E-state index in [0.29, 0.717) is 27.1 Å². The van der Waals surface area contributed by atoms with Gasteiger partial charge in [0.15, 0.2) is 5.75 Å². The van der Waals surface area contributed by atoms with Crippen LogP contribution in [0.2, 0.25) is 5.02 Å². The number of aryl methyl sites for hydroxylation is 2. The van der Waals surface area contributed by atoms with E-state index < -0.39 is 0 Å². The molecule has 1 N–H and O–H groups in total. The average molecular weight is 425 g/mol. The van der Waals surface area contributed by atoms with E-state index in [1.54, 1.807) is 24.3 Å². The van der Waals surface area contributed by atoms with Crippen LogP contribution in [0.4, 0.5) is 5.69 Å². The van der Waals surface area contributed by atoms with Gasteiger partial charge in [0.1, 0.15) is 11.5 Å². The van der Waals surface area contributed by atoms with Crippen LogP contribution in [-0.2, 0) is 0 Å². The van der Waals surface area contributed by atoms with Crippen LogP contribution < -0.4 is 10.1 Å². The molecule has 0 radical (unpaired) electrons. The molecular weight excluding hydrogens is 408 g/mol. The fraction of sp³-hybridized carbons (Fsp3) is 0.0909. The Morgan fingerprint density at radius 2 is 1.90 bits per heavy atom. The van der Waals surface area contributed by atoms with Gasteiger partial charge in [0.2, 0.25) is 0 Å². The predicted octanol–water partition coefficient (Wildman–Crippen LogP) is 6.72. The van der Waals surface area contributed by atoms with E-state index in [1.165, 1.54) is 11.3 Å². The van der Waals surface area contributed by atoms with Crippen LogP contribution in [0.25, 0.3) is 10.4 Å². The lowest BCUT2D eigenvalue weighted by Crippen LogP contribution is -2.10. The van der Waals surface area contributed by atoms with Crippen LogP contribution in [0, 0.1) is 13.8 Å². The van der Waals surface area contributed by atoms with Gasteiger partial charge in [-0.2, -0.15) is 0 Å². The molecule has 0 bridgehead atoms. The SMILES string of the molecule is Cc1noc(C)c1-c1ccc(C(=O)Nc2cc(Cl)ccc2Oc2ccccc2)s1. The van der Waals surface area contributed by atoms with E-state index in [0.717, 1.165) is 21.9 Å². The zero-order valence-electron chi connectivity index (χ0n) is 15.7. The van der Waals surface area contributed by atoms with Crippen LogP contribution in [0.15, 0.2) is 65.2 Å². The summed E-state index contributed by atoms with van der Waals surface area (Å²) in [5.41, 5.74) is 2.22. The molecular formula is C22H17ClN2O3S. The predicted molar refractivity (Wildman–Crippen MR) is 115 cm³/mol. The molecule has 0 aliphatic heterocycles. The number of anilines is 1. The van der Waals surface area contributed by atoms with Crippen molar-refractivity contribution in [3.63, 3.8) is 0 Å². The number of halogens is 1. The maximum atomic E-state index is 12.8. The maximum absolute atomic E-state index is 12.8. The number of hydrogen-bond donors (Lipinski definition) is 1. The highest BCUT2D eigenvalue weighted by atomic mass is 35.5. The molecule has 0 fully saturated rings. The van der Waals surface area contributed by atoms with Crippen molar-refractivity contribution in [1.29, 1.82) is 0 Å². The lowest BCUT2D eigenvalue weighted by Gasteiger charge is -2.12. The first-order valence-corrected chi connectivity index (χ1v) is 10.1. The van der Waals surface area contributed by atoms with Gasteiger partial charge in [0.05, 0.1) is 21.8 Å². The molecule has 0 aliphatic carbocycles. The first-order chi connectivity index (χ1) is 14.0. The number of nitrogens with zero attached hydrogens (tertiary/aromatic N) is 1. The van der Waals surface area contributed by atoms with E-state index in [-0.39, 0.29) is 5.91 Å². The first kappa shape index (κ1) is 19.2. The van der Waals surface area contributed by atoms with Crippen molar-refractivity contribution in [3.05, 3.63) is 82.0 Å². The number of carbonyl (C=O) groups is 1. The van der Waals surface area contributed by atoms with Crippen molar-refractivity contribution < 1.29 is 14.1 Å². The number of para-hydroxylation sites is 1. The highest BCUT2D eigenvalue weighted by molar-refractivity contribution is 7.17. The molecule has 146 valence electrons. The minimum Gasteiger partial charge on any atom is -0.455 e. The van der Waals surface area contributed by atoms with E-state index in [4.69, 9.17) is 20.9 Å². The Morgan fingerprint density at radius 3 is 2.62 bits per heavy atom. The number of nitrogens with one attached hydrogen (secondary N) is 1. The number of aromatic nitrogens is 1. The van der Waals surface area contributed by atoms with Crippen LogP contribution in [-0.4, -0.2) is 11.1 Å². The number of carbonyl (C=O) groups excluding carboxylic acids is 1. The Bertz CT molecular complexity index is 1150. The monoisotopic (exact) mass is 424 g/mol. The van der Waals surface area contributed by atoms with Crippen molar-refractivity contribution in [2.75, 3.05) is 5.32 Å². The number of benzene rings is 2. The van der Waals surface area contributed by atoms with Gasteiger partial charge in [-0.3, -0.25) is 4.79 Å². The molecule has 7 heteroatoms. The molecule has 5 nitrogen and oxygen atoms in total. The molecule has 0 atom stereocenters. The number of hydrogen-bond acceptors (Lipinski definition) is 5. The highest BCUT2D eigenvalue weighted by Gasteiger charge is 2.17. The third kappa shape index (κ3) is 4.18. The summed E-state index contributed by atoms with van der Waals surface area (Å²) in [5, 5.41) is 7.38. The van der Waals surface area contributed by atoms with E-state index >= 15 is 0 Å². The first-order valence-electron chi connectivity index (χ1n) is 8.88. The smallest absolute Gasteiger partial charge is 0.265 e. The minimum atomic E-state index is -0.242. The summed E-state index contributed by atoms with van der Waals surface area (Å²) in [5.74, 6) is 1.66. The molecule has 29 heavy (non-hydrogen) atoms. The van der Waals surface area contributed by atoms with Crippen LogP contribution >= 0.6 is 22.9 Å². The van der Waals surface area contributed by atoms with Crippen molar-refractivity contribution in [2.24, 2.45) is 0 Å². The zero-order valence-corrected chi connectivity index (χ0v) is 17.3. The molecule has 4 rings (SSSR count). The fourth-order valence-corrected chi connectivity index (χ4v) is 4.14. The summed E-state index contributed by atoms with van der Waals surface area (Å²) in [4.78, 5) is 14.3. The van der Waals surface area contributed by atoms with Gasteiger partial charge in [-0.25, -0.2) is 0 Å². The molecule has 1 amide bonds. The Balaban J connectivity index is 1.58. The topological polar surface area (TPSA) is 64.4 Å². The Morgan fingerprint density at radius 1 is 1.10 bits per heavy atom. The number of ether oxygens (including phenoxy) is 1. The summed E-state index contributed by atoms with van der Waals surface area (Å²) >= 11 is 7.51. The molecule has 0 aliphatic rings. The highest BCUT2D eigenvalue weighted by Crippen LogP contribution is 2.35. The van der Waals surface area contributed by atoms with Gasteiger partial charge in [-0.15, -0.1) is 11.3 Å². The molecule has 0 unspecified atom stereocenters. The quantitative estimate of drug-likeness (QED) is 0.386. The van der Waals surface area contributed by atoms with Crippen LogP contribution in [0.3, 0.4) is 0 Å². The second kappa shape index (κ2) is 8.11. The van der Waals surface area contributed by atoms with Gasteiger partial charge in [0, 0.05) is 9.90 Å². The number of rotatable bonds is 5. The van der Waals surface area contributed by atoms with E-state index in [9.17, 15) is 4.79 Å². The normalized spacial score (nSPS) is 10.7. The summed E-state index contributed by atoms with van der Waals surface area (Å²) in [6.45, 7) is 3.73. The summed E-state index contributed by atoms with van der Waals surface area (Å²) in [7, 11) is 0. The number of thiophene rings is 1. The summed E-state index contributed by atoms with van der Waals surface area (Å²) in [6.07, 6.45) is 0. The van der Waals surface area contributed by atoms with Crippen molar-refractivity contribution in [2.45, 2.75) is 13.8 Å². The summed E-state index contributed by atoms with van der Waals surface area (Å²) in [6, 6.07) is 18.1. The van der Waals surface area contributed by atoms with E-state index in [1.807, 2.05) is 50.2 Å². The standard InChI is InChI=1S/C22H17ClN2O3S/c1-13-21(14(2)28-25-13)19-10-11-20(29-19)22(26)24-17-12-15(23)8-9-18(17)27-16-6-4-3-5-7-16/h3-12H,1-2H3,(H,24,26). The maximum Gasteiger partial charge on any atom is 0.265 e.